The van der Waals surface area contributed by atoms with Gasteiger partial charge < -0.3 is 4.74 Å². The number of ether oxygens (including phenoxy) is 4. The van der Waals surface area contributed by atoms with E-state index in [0.29, 0.717) is 6.42 Å². The Morgan fingerprint density at radius 1 is 1.21 bits per heavy atom. The largest absolute Gasteiger partial charge is 0.350 e. The molecule has 1 aliphatic rings. The Morgan fingerprint density at radius 3 is 2.16 bits per heavy atom. The van der Waals surface area contributed by atoms with Gasteiger partial charge in [-0.05, 0) is 19.8 Å². The highest BCUT2D eigenvalue weighted by Crippen LogP contribution is 2.38. The molecule has 0 aliphatic carbocycles. The zero-order chi connectivity index (χ0) is 14.7. The van der Waals surface area contributed by atoms with Crippen LogP contribution in [-0.4, -0.2) is 28.2 Å². The van der Waals surface area contributed by atoms with E-state index in [1.54, 1.807) is 0 Å². The third-order valence-corrected chi connectivity index (χ3v) is 9.71. The fraction of sp³-hybridized carbons (Fsp3) is 1.00. The average molecular weight is 485 g/mol. The Bertz CT molecular complexity index is 282. The summed E-state index contributed by atoms with van der Waals surface area (Å²) in [6.07, 6.45) is 1.67. The van der Waals surface area contributed by atoms with Crippen molar-refractivity contribution in [1.82, 2.24) is 0 Å². The predicted molar refractivity (Wildman–Crippen MR) is 87.5 cm³/mol. The highest BCUT2D eigenvalue weighted by molar-refractivity contribution is 9.72. The molecule has 1 rings (SSSR count). The molecule has 0 spiro atoms. The van der Waals surface area contributed by atoms with Crippen molar-refractivity contribution in [3.05, 3.63) is 0 Å². The topological polar surface area (TPSA) is 36.9 Å². The minimum Gasteiger partial charge on any atom is -0.350 e. The maximum Gasteiger partial charge on any atom is 0.294 e. The van der Waals surface area contributed by atoms with Crippen LogP contribution in [0.2, 0.25) is 0 Å². The number of hydrogen-bond acceptors (Lipinski definition) is 4. The zero-order valence-corrected chi connectivity index (χ0v) is 17.4. The van der Waals surface area contributed by atoms with Gasteiger partial charge in [-0.2, -0.15) is 0 Å². The first-order valence-corrected chi connectivity index (χ1v) is 15.4. The minimum absolute atomic E-state index is 0.00611. The molecule has 0 bridgehead atoms. The van der Waals surface area contributed by atoms with Crippen LogP contribution < -0.4 is 0 Å². The third-order valence-electron chi connectivity index (χ3n) is 2.85. The second kappa shape index (κ2) is 7.67. The summed E-state index contributed by atoms with van der Waals surface area (Å²) in [5, 5.41) is 0. The van der Waals surface area contributed by atoms with Gasteiger partial charge >= 0.3 is 0 Å². The summed E-state index contributed by atoms with van der Waals surface area (Å²) in [7, 11) is 0. The van der Waals surface area contributed by atoms with Gasteiger partial charge in [-0.15, -0.1) is 0 Å². The molecule has 1 fully saturated rings. The van der Waals surface area contributed by atoms with Crippen molar-refractivity contribution in [3.63, 3.8) is 0 Å². The van der Waals surface area contributed by atoms with Crippen molar-refractivity contribution in [2.45, 2.75) is 71.2 Å². The summed E-state index contributed by atoms with van der Waals surface area (Å²) in [5.74, 6) is -0.934. The molecule has 0 radical (unpaired) electrons. The lowest BCUT2D eigenvalue weighted by Gasteiger charge is -2.47. The van der Waals surface area contributed by atoms with Gasteiger partial charge in [0.05, 0.1) is 5.73 Å². The first-order chi connectivity index (χ1) is 8.76. The van der Waals surface area contributed by atoms with E-state index >= 15 is 0 Å². The van der Waals surface area contributed by atoms with Gasteiger partial charge in [-0.3, -0.25) is 14.2 Å². The molecule has 0 aromatic rings. The summed E-state index contributed by atoms with van der Waals surface area (Å²) >= 11 is 10.7. The Balaban J connectivity index is 2.52. The molecule has 0 aromatic carbocycles. The standard InChI is InChI=1S/C11H21Br3O4Si/c1-5-9(15-8(4)19(12,13)14)16-11(7-3)17-10(6-2)18-11/h8-10H,5-7H2,1-4H3. The van der Waals surface area contributed by atoms with E-state index in [4.69, 9.17) is 18.9 Å². The quantitative estimate of drug-likeness (QED) is 0.285. The number of hydrogen-bond donors (Lipinski definition) is 0. The normalized spacial score (nSPS) is 30.8. The van der Waals surface area contributed by atoms with E-state index in [1.807, 2.05) is 27.7 Å². The minimum atomic E-state index is -1.88. The van der Waals surface area contributed by atoms with Crippen molar-refractivity contribution in [1.29, 1.82) is 0 Å². The summed E-state index contributed by atoms with van der Waals surface area (Å²) in [5.41, 5.74) is -0.00611. The zero-order valence-electron chi connectivity index (χ0n) is 11.6. The summed E-state index contributed by atoms with van der Waals surface area (Å²) in [6.45, 7) is 7.99. The molecule has 4 nitrogen and oxygen atoms in total. The summed E-state index contributed by atoms with van der Waals surface area (Å²) < 4.78 is 21.2. The van der Waals surface area contributed by atoms with E-state index in [9.17, 15) is 0 Å². The molecule has 0 aromatic heterocycles. The van der Waals surface area contributed by atoms with Crippen molar-refractivity contribution >= 4 is 49.8 Å². The van der Waals surface area contributed by atoms with Crippen LogP contribution >= 0.6 is 45.9 Å². The van der Waals surface area contributed by atoms with Gasteiger partial charge in [0.1, 0.15) is 0 Å². The highest BCUT2D eigenvalue weighted by Gasteiger charge is 2.48. The van der Waals surface area contributed by atoms with Crippen LogP contribution in [0.1, 0.15) is 47.0 Å². The van der Waals surface area contributed by atoms with Crippen LogP contribution in [0.3, 0.4) is 0 Å². The molecule has 0 N–H and O–H groups in total. The fourth-order valence-corrected chi connectivity index (χ4v) is 2.87. The molecule has 2 unspecified atom stereocenters. The Kier molecular flexibility index (Phi) is 7.48. The number of rotatable bonds is 8. The molecule has 2 atom stereocenters. The number of halogens is 3. The maximum absolute atomic E-state index is 5.91. The van der Waals surface area contributed by atoms with Gasteiger partial charge in [0.15, 0.2) is 12.6 Å². The molecule has 114 valence electrons. The predicted octanol–water partition coefficient (Wildman–Crippen LogP) is 4.65. The summed E-state index contributed by atoms with van der Waals surface area (Å²) in [4.78, 5) is 0. The molecular formula is C11H21Br3O4Si. The van der Waals surface area contributed by atoms with Crippen LogP contribution in [0.5, 0.6) is 0 Å². The lowest BCUT2D eigenvalue weighted by molar-refractivity contribution is -0.559. The van der Waals surface area contributed by atoms with E-state index in [0.717, 1.165) is 12.8 Å². The van der Waals surface area contributed by atoms with Crippen LogP contribution in [0.25, 0.3) is 0 Å². The smallest absolute Gasteiger partial charge is 0.294 e. The molecule has 19 heavy (non-hydrogen) atoms. The second-order valence-electron chi connectivity index (χ2n) is 4.39. The molecular weight excluding hydrogens is 464 g/mol. The Labute approximate surface area is 139 Å². The first-order valence-electron chi connectivity index (χ1n) is 6.52. The van der Waals surface area contributed by atoms with E-state index < -0.39 is 9.90 Å². The van der Waals surface area contributed by atoms with Crippen molar-refractivity contribution < 1.29 is 18.9 Å². The molecule has 1 aliphatic heterocycles. The Hall–Kier alpha value is 1.50. The van der Waals surface area contributed by atoms with Gasteiger partial charge in [0.25, 0.3) is 9.90 Å². The van der Waals surface area contributed by atoms with Crippen LogP contribution in [0.15, 0.2) is 0 Å². The van der Waals surface area contributed by atoms with Crippen molar-refractivity contribution in [2.75, 3.05) is 0 Å². The Morgan fingerprint density at radius 2 is 1.79 bits per heavy atom. The van der Waals surface area contributed by atoms with Crippen molar-refractivity contribution in [2.24, 2.45) is 0 Å². The van der Waals surface area contributed by atoms with Crippen LogP contribution in [0, 0.1) is 0 Å². The van der Waals surface area contributed by atoms with Crippen molar-refractivity contribution in [3.8, 4) is 0 Å². The molecule has 0 amide bonds. The molecule has 0 saturated carbocycles. The monoisotopic (exact) mass is 482 g/mol. The van der Waals surface area contributed by atoms with Crippen LogP contribution in [-0.2, 0) is 18.9 Å². The molecule has 1 heterocycles. The van der Waals surface area contributed by atoms with Gasteiger partial charge in [0.2, 0.25) is 0 Å². The lowest BCUT2D eigenvalue weighted by Crippen LogP contribution is -2.57. The van der Waals surface area contributed by atoms with Crippen LogP contribution in [0.4, 0.5) is 0 Å². The third kappa shape index (κ3) is 5.32. The van der Waals surface area contributed by atoms with Gasteiger partial charge in [-0.25, -0.2) is 0 Å². The van der Waals surface area contributed by atoms with Gasteiger partial charge in [0, 0.05) is 6.42 Å². The van der Waals surface area contributed by atoms with Gasteiger partial charge in [-0.1, -0.05) is 66.6 Å². The maximum atomic E-state index is 5.91. The lowest BCUT2D eigenvalue weighted by atomic mass is 10.3. The highest BCUT2D eigenvalue weighted by atomic mass is 80.0. The summed E-state index contributed by atoms with van der Waals surface area (Å²) in [6, 6.07) is 0. The first kappa shape index (κ1) is 18.5. The fourth-order valence-electron chi connectivity index (χ4n) is 1.59. The SMILES string of the molecule is CCC(OC(C)[Si](Br)(Br)Br)OC1(CC)OC(CC)O1. The molecule has 8 heteroatoms. The average Bonchev–Trinajstić information content (AvgIpc) is 2.30. The van der Waals surface area contributed by atoms with E-state index in [2.05, 4.69) is 45.9 Å². The second-order valence-corrected chi connectivity index (χ2v) is 27.1. The molecule has 1 saturated heterocycles. The van der Waals surface area contributed by atoms with E-state index in [-0.39, 0.29) is 18.3 Å². The van der Waals surface area contributed by atoms with E-state index in [1.165, 1.54) is 0 Å².